The second-order valence-corrected chi connectivity index (χ2v) is 7.72. The van der Waals surface area contributed by atoms with Gasteiger partial charge < -0.3 is 9.64 Å². The summed E-state index contributed by atoms with van der Waals surface area (Å²) in [5.41, 5.74) is 1.34. The lowest BCUT2D eigenvalue weighted by Crippen LogP contribution is -2.36. The van der Waals surface area contributed by atoms with Gasteiger partial charge in [0, 0.05) is 21.7 Å². The zero-order valence-corrected chi connectivity index (χ0v) is 15.3. The molecule has 128 valence electrons. The van der Waals surface area contributed by atoms with Crippen molar-refractivity contribution in [2.45, 2.75) is 23.5 Å². The molecule has 1 heterocycles. The van der Waals surface area contributed by atoms with E-state index in [-0.39, 0.29) is 12.5 Å². The summed E-state index contributed by atoms with van der Waals surface area (Å²) < 4.78 is 5.59. The maximum absolute atomic E-state index is 12.7. The number of ether oxygens (including phenoxy) is 1. The predicted molar refractivity (Wildman–Crippen MR) is 100 cm³/mol. The van der Waals surface area contributed by atoms with Crippen LogP contribution in [0, 0.1) is 11.3 Å². The first kappa shape index (κ1) is 17.7. The third kappa shape index (κ3) is 4.28. The molecule has 25 heavy (non-hydrogen) atoms. The van der Waals surface area contributed by atoms with Crippen molar-refractivity contribution in [1.29, 1.82) is 5.26 Å². The molecule has 2 aromatic rings. The molecular formula is C19H17ClN2O2S. The number of carbonyl (C=O) groups is 1. The first-order chi connectivity index (χ1) is 12.1. The van der Waals surface area contributed by atoms with Gasteiger partial charge in [0.05, 0.1) is 17.3 Å². The van der Waals surface area contributed by atoms with Gasteiger partial charge in [-0.15, -0.1) is 11.8 Å². The van der Waals surface area contributed by atoms with Crippen LogP contribution in [-0.2, 0) is 4.79 Å². The Morgan fingerprint density at radius 2 is 2.24 bits per heavy atom. The van der Waals surface area contributed by atoms with Crippen LogP contribution in [0.15, 0.2) is 47.4 Å². The number of rotatable bonds is 3. The van der Waals surface area contributed by atoms with Crippen LogP contribution in [0.4, 0.5) is 5.69 Å². The first-order valence-corrected chi connectivity index (χ1v) is 9.22. The van der Waals surface area contributed by atoms with Crippen LogP contribution < -0.4 is 9.64 Å². The quantitative estimate of drug-likeness (QED) is 0.795. The largest absolute Gasteiger partial charge is 0.484 e. The van der Waals surface area contributed by atoms with Crippen LogP contribution >= 0.6 is 23.4 Å². The molecule has 0 spiro atoms. The highest BCUT2D eigenvalue weighted by Gasteiger charge is 2.25. The minimum absolute atomic E-state index is 0.0834. The number of nitrogens with zero attached hydrogens (tertiary/aromatic N) is 2. The molecule has 1 aliphatic heterocycles. The Balaban J connectivity index is 1.77. The van der Waals surface area contributed by atoms with E-state index in [2.05, 4.69) is 13.0 Å². The Morgan fingerprint density at radius 1 is 1.40 bits per heavy atom. The minimum atomic E-state index is -0.124. The van der Waals surface area contributed by atoms with E-state index in [4.69, 9.17) is 21.6 Å². The summed E-state index contributed by atoms with van der Waals surface area (Å²) in [6.07, 6.45) is 0.895. The van der Waals surface area contributed by atoms with Crippen molar-refractivity contribution in [3.63, 3.8) is 0 Å². The lowest BCUT2D eigenvalue weighted by Gasteiger charge is -2.23. The number of carbonyl (C=O) groups excluding carboxylic acids is 1. The Labute approximate surface area is 156 Å². The number of fused-ring (bicyclic) bond motifs is 1. The number of anilines is 1. The van der Waals surface area contributed by atoms with Crippen molar-refractivity contribution in [1.82, 2.24) is 0 Å². The van der Waals surface area contributed by atoms with E-state index in [1.54, 1.807) is 40.9 Å². The minimum Gasteiger partial charge on any atom is -0.484 e. The predicted octanol–water partition coefficient (Wildman–Crippen LogP) is 4.51. The summed E-state index contributed by atoms with van der Waals surface area (Å²) in [7, 11) is 0. The van der Waals surface area contributed by atoms with Gasteiger partial charge in [-0.1, -0.05) is 24.6 Å². The lowest BCUT2D eigenvalue weighted by molar-refractivity contribution is -0.120. The van der Waals surface area contributed by atoms with Gasteiger partial charge in [0.1, 0.15) is 5.75 Å². The maximum Gasteiger partial charge on any atom is 0.264 e. The molecule has 3 rings (SSSR count). The van der Waals surface area contributed by atoms with Crippen molar-refractivity contribution in [3.8, 4) is 11.8 Å². The molecule has 0 radical (unpaired) electrons. The molecule has 0 saturated heterocycles. The van der Waals surface area contributed by atoms with Gasteiger partial charge in [0.25, 0.3) is 5.91 Å². The molecule has 1 unspecified atom stereocenters. The van der Waals surface area contributed by atoms with Crippen LogP contribution in [0.1, 0.15) is 18.9 Å². The fourth-order valence-corrected chi connectivity index (χ4v) is 3.91. The second kappa shape index (κ2) is 7.81. The fraction of sp³-hybridized carbons (Fsp3) is 0.263. The van der Waals surface area contributed by atoms with E-state index in [0.717, 1.165) is 17.0 Å². The van der Waals surface area contributed by atoms with Crippen molar-refractivity contribution in [2.75, 3.05) is 18.1 Å². The van der Waals surface area contributed by atoms with E-state index >= 15 is 0 Å². The van der Waals surface area contributed by atoms with Gasteiger partial charge in [-0.2, -0.15) is 5.26 Å². The highest BCUT2D eigenvalue weighted by Crippen LogP contribution is 2.39. The highest BCUT2D eigenvalue weighted by atomic mass is 35.5. The molecular weight excluding hydrogens is 356 g/mol. The average molecular weight is 373 g/mol. The monoisotopic (exact) mass is 372 g/mol. The Morgan fingerprint density at radius 3 is 3.04 bits per heavy atom. The smallest absolute Gasteiger partial charge is 0.264 e. The number of benzene rings is 2. The molecule has 0 bridgehead atoms. The van der Waals surface area contributed by atoms with Crippen LogP contribution in [0.5, 0.6) is 5.75 Å². The number of halogens is 1. The SMILES string of the molecule is CC1CCN(C(=O)COc2cccc(C#N)c2)c2cc(Cl)ccc2S1. The van der Waals surface area contributed by atoms with E-state index in [1.165, 1.54) is 0 Å². The molecule has 0 aromatic heterocycles. The van der Waals surface area contributed by atoms with Gasteiger partial charge in [0.2, 0.25) is 0 Å². The van der Waals surface area contributed by atoms with Gasteiger partial charge >= 0.3 is 0 Å². The number of hydrogen-bond donors (Lipinski definition) is 0. The van der Waals surface area contributed by atoms with E-state index in [9.17, 15) is 4.79 Å². The molecule has 6 heteroatoms. The first-order valence-electron chi connectivity index (χ1n) is 7.96. The summed E-state index contributed by atoms with van der Waals surface area (Å²) >= 11 is 7.89. The Hall–Kier alpha value is -2.16. The number of hydrogen-bond acceptors (Lipinski definition) is 4. The van der Waals surface area contributed by atoms with Crippen LogP contribution in [0.3, 0.4) is 0 Å². The molecule has 0 fully saturated rings. The molecule has 1 amide bonds. The van der Waals surface area contributed by atoms with Gasteiger partial charge in [-0.25, -0.2) is 0 Å². The van der Waals surface area contributed by atoms with Crippen LogP contribution in [-0.4, -0.2) is 24.3 Å². The Bertz CT molecular complexity index is 834. The topological polar surface area (TPSA) is 53.3 Å². The standard InChI is InChI=1S/C19H17ClN2O2S/c1-13-7-8-22(17-10-15(20)5-6-18(17)25-13)19(23)12-24-16-4-2-3-14(9-16)11-21/h2-6,9-10,13H,7-8,12H2,1H3. The number of thioether (sulfide) groups is 1. The molecule has 0 aliphatic carbocycles. The zero-order chi connectivity index (χ0) is 17.8. The number of amides is 1. The molecule has 0 N–H and O–H groups in total. The summed E-state index contributed by atoms with van der Waals surface area (Å²) in [4.78, 5) is 15.5. The average Bonchev–Trinajstić information content (AvgIpc) is 2.78. The van der Waals surface area contributed by atoms with Crippen molar-refractivity contribution in [3.05, 3.63) is 53.1 Å². The molecule has 0 saturated carbocycles. The van der Waals surface area contributed by atoms with Crippen LogP contribution in [0.2, 0.25) is 5.02 Å². The van der Waals surface area contributed by atoms with Crippen molar-refractivity contribution in [2.24, 2.45) is 0 Å². The van der Waals surface area contributed by atoms with Gasteiger partial charge in [-0.3, -0.25) is 4.79 Å². The summed E-state index contributed by atoms with van der Waals surface area (Å²) in [6, 6.07) is 14.5. The zero-order valence-electron chi connectivity index (χ0n) is 13.7. The molecule has 2 aromatic carbocycles. The third-order valence-corrected chi connectivity index (χ3v) is 5.40. The van der Waals surface area contributed by atoms with Crippen molar-refractivity contribution >= 4 is 35.0 Å². The van der Waals surface area contributed by atoms with E-state index in [0.29, 0.717) is 28.1 Å². The van der Waals surface area contributed by atoms with Crippen molar-refractivity contribution < 1.29 is 9.53 Å². The summed E-state index contributed by atoms with van der Waals surface area (Å²) in [5.74, 6) is 0.386. The fourth-order valence-electron chi connectivity index (χ4n) is 2.65. The molecule has 1 atom stereocenters. The Kier molecular flexibility index (Phi) is 5.52. The van der Waals surface area contributed by atoms with Crippen LogP contribution in [0.25, 0.3) is 0 Å². The van der Waals surface area contributed by atoms with E-state index in [1.807, 2.05) is 18.2 Å². The third-order valence-electron chi connectivity index (χ3n) is 3.93. The molecule has 1 aliphatic rings. The van der Waals surface area contributed by atoms with E-state index < -0.39 is 0 Å². The van der Waals surface area contributed by atoms with Gasteiger partial charge in [0.15, 0.2) is 6.61 Å². The normalized spacial score (nSPS) is 16.5. The summed E-state index contributed by atoms with van der Waals surface area (Å²) in [5, 5.41) is 9.97. The van der Waals surface area contributed by atoms with Gasteiger partial charge in [-0.05, 0) is 42.8 Å². The summed E-state index contributed by atoms with van der Waals surface area (Å²) in [6.45, 7) is 2.70. The lowest BCUT2D eigenvalue weighted by atomic mass is 10.2. The number of nitriles is 1. The maximum atomic E-state index is 12.7. The molecule has 4 nitrogen and oxygen atoms in total. The second-order valence-electron chi connectivity index (χ2n) is 5.80. The highest BCUT2D eigenvalue weighted by molar-refractivity contribution is 8.00.